The molecule has 1 atom stereocenters. The molecule has 0 aromatic heterocycles. The van der Waals surface area contributed by atoms with Crippen LogP contribution in [0.5, 0.6) is 0 Å². The Morgan fingerprint density at radius 3 is 1.71 bits per heavy atom. The highest BCUT2D eigenvalue weighted by molar-refractivity contribution is 7.19. The normalized spacial score (nSPS) is 12.9. The molecule has 0 N–H and O–H groups in total. The predicted molar refractivity (Wildman–Crippen MR) is 70.9 cm³/mol. The van der Waals surface area contributed by atoms with Crippen molar-refractivity contribution in [3.8, 4) is 0 Å². The van der Waals surface area contributed by atoms with Crippen LogP contribution in [0.2, 0.25) is 0 Å². The van der Waals surface area contributed by atoms with Gasteiger partial charge in [0.2, 0.25) is 0 Å². The average Bonchev–Trinajstić information content (AvgIpc) is 1.97. The number of hydrogen-bond acceptors (Lipinski definition) is 0. The number of rotatable bonds is 7. The summed E-state index contributed by atoms with van der Waals surface area (Å²) in [5.41, 5.74) is 0. The van der Waals surface area contributed by atoms with Gasteiger partial charge >= 0.3 is 0 Å². The predicted octanol–water partition coefficient (Wildman–Crippen LogP) is 4.88. The van der Waals surface area contributed by atoms with Crippen molar-refractivity contribution in [3.63, 3.8) is 0 Å². The van der Waals surface area contributed by atoms with Gasteiger partial charge in [0.05, 0.1) is 0 Å². The van der Waals surface area contributed by atoms with E-state index in [1.54, 1.807) is 0 Å². The molecule has 0 aromatic rings. The molecule has 0 radical (unpaired) electrons. The van der Waals surface area contributed by atoms with Crippen LogP contribution in [0.15, 0.2) is 0 Å². The summed E-state index contributed by atoms with van der Waals surface area (Å²) in [7, 11) is 3.15. The fraction of sp³-hybridized carbons (Fsp3) is 1.00. The lowest BCUT2D eigenvalue weighted by molar-refractivity contribution is 0.354. The van der Waals surface area contributed by atoms with Crippen LogP contribution in [0.4, 0.5) is 0 Å². The summed E-state index contributed by atoms with van der Waals surface area (Å²) < 4.78 is 0. The second-order valence-corrected chi connectivity index (χ2v) is 6.89. The van der Waals surface area contributed by atoms with Crippen molar-refractivity contribution in [1.29, 1.82) is 0 Å². The second kappa shape index (κ2) is 6.83. The maximum Gasteiger partial charge on any atom is -0.0145 e. The highest BCUT2D eigenvalue weighted by Crippen LogP contribution is 2.38. The zero-order valence-electron chi connectivity index (χ0n) is 10.8. The fourth-order valence-electron chi connectivity index (χ4n) is 2.44. The van der Waals surface area contributed by atoms with Gasteiger partial charge in [0, 0.05) is 0 Å². The first-order valence-corrected chi connectivity index (χ1v) is 6.76. The summed E-state index contributed by atoms with van der Waals surface area (Å²) in [4.78, 5) is 0. The third-order valence-corrected chi connectivity index (χ3v) is 3.42. The molecule has 0 saturated carbocycles. The molecule has 14 heavy (non-hydrogen) atoms. The lowest BCUT2D eigenvalue weighted by Crippen LogP contribution is -2.25. The lowest BCUT2D eigenvalue weighted by Gasteiger charge is -2.33. The van der Waals surface area contributed by atoms with Crippen molar-refractivity contribution in [2.24, 2.45) is 11.8 Å². The van der Waals surface area contributed by atoms with Gasteiger partial charge in [-0.15, -0.1) is 9.24 Å². The van der Waals surface area contributed by atoms with E-state index in [9.17, 15) is 0 Å². The first kappa shape index (κ1) is 14.4. The molecule has 0 aliphatic carbocycles. The maximum absolute atomic E-state index is 3.15. The van der Waals surface area contributed by atoms with Crippen LogP contribution in [0, 0.1) is 11.8 Å². The summed E-state index contributed by atoms with van der Waals surface area (Å²) in [5.74, 6) is 1.64. The van der Waals surface area contributed by atoms with Gasteiger partial charge in [-0.2, -0.15) is 0 Å². The Balaban J connectivity index is 4.17. The molecule has 0 nitrogen and oxygen atoms in total. The first-order valence-electron chi connectivity index (χ1n) is 6.18. The van der Waals surface area contributed by atoms with Crippen LogP contribution >= 0.6 is 9.24 Å². The van der Waals surface area contributed by atoms with Crippen LogP contribution in [0.25, 0.3) is 0 Å². The third-order valence-electron chi connectivity index (χ3n) is 2.66. The van der Waals surface area contributed by atoms with Gasteiger partial charge in [-0.1, -0.05) is 47.5 Å². The van der Waals surface area contributed by atoms with Crippen molar-refractivity contribution in [1.82, 2.24) is 0 Å². The highest BCUT2D eigenvalue weighted by Gasteiger charge is 2.25. The molecule has 0 amide bonds. The zero-order chi connectivity index (χ0) is 11.2. The summed E-state index contributed by atoms with van der Waals surface area (Å²) in [5, 5.41) is 0.512. The maximum atomic E-state index is 3.15. The Morgan fingerprint density at radius 2 is 1.43 bits per heavy atom. The molecule has 0 fully saturated rings. The van der Waals surface area contributed by atoms with E-state index < -0.39 is 0 Å². The Labute approximate surface area is 93.4 Å². The van der Waals surface area contributed by atoms with Crippen LogP contribution < -0.4 is 0 Å². The SMILES string of the molecule is CCCCC(P)(CC(C)C)CC(C)C. The van der Waals surface area contributed by atoms with Gasteiger partial charge in [-0.25, -0.2) is 0 Å². The first-order chi connectivity index (χ1) is 6.39. The Kier molecular flexibility index (Phi) is 7.04. The van der Waals surface area contributed by atoms with Crippen LogP contribution in [0.1, 0.15) is 66.7 Å². The van der Waals surface area contributed by atoms with Crippen LogP contribution in [-0.4, -0.2) is 5.16 Å². The molecule has 86 valence electrons. The molecule has 0 aliphatic rings. The van der Waals surface area contributed by atoms with E-state index in [2.05, 4.69) is 43.9 Å². The third kappa shape index (κ3) is 6.82. The minimum atomic E-state index is 0.512. The second-order valence-electron chi connectivity index (χ2n) is 5.66. The van der Waals surface area contributed by atoms with E-state index in [0.29, 0.717) is 5.16 Å². The van der Waals surface area contributed by atoms with Gasteiger partial charge in [-0.3, -0.25) is 0 Å². The number of unbranched alkanes of at least 4 members (excludes halogenated alkanes) is 1. The van der Waals surface area contributed by atoms with Crippen LogP contribution in [-0.2, 0) is 0 Å². The summed E-state index contributed by atoms with van der Waals surface area (Å²) in [6.07, 6.45) is 6.80. The minimum absolute atomic E-state index is 0.512. The fourth-order valence-corrected chi connectivity index (χ4v) is 3.59. The molecule has 0 saturated heterocycles. The largest absolute Gasteiger partial charge is 0.131 e. The molecule has 0 bridgehead atoms. The van der Waals surface area contributed by atoms with Crippen molar-refractivity contribution in [2.75, 3.05) is 0 Å². The quantitative estimate of drug-likeness (QED) is 0.532. The van der Waals surface area contributed by atoms with E-state index in [4.69, 9.17) is 0 Å². The lowest BCUT2D eigenvalue weighted by atomic mass is 9.85. The highest BCUT2D eigenvalue weighted by atomic mass is 31.0. The van der Waals surface area contributed by atoms with Crippen LogP contribution in [0.3, 0.4) is 0 Å². The minimum Gasteiger partial charge on any atom is -0.131 e. The van der Waals surface area contributed by atoms with Gasteiger partial charge in [-0.05, 0) is 36.3 Å². The molecule has 1 heteroatoms. The van der Waals surface area contributed by atoms with E-state index in [1.165, 1.54) is 32.1 Å². The monoisotopic (exact) mass is 216 g/mol. The van der Waals surface area contributed by atoms with Crippen molar-refractivity contribution in [2.45, 2.75) is 71.9 Å². The standard InChI is InChI=1S/C13H29P/c1-6-7-8-13(14,9-11(2)3)10-12(4)5/h11-12H,6-10,14H2,1-5H3. The molecule has 0 spiro atoms. The summed E-state index contributed by atoms with van der Waals surface area (Å²) >= 11 is 0. The van der Waals surface area contributed by atoms with Gasteiger partial charge in [0.1, 0.15) is 0 Å². The van der Waals surface area contributed by atoms with Crippen molar-refractivity contribution in [3.05, 3.63) is 0 Å². The molecular weight excluding hydrogens is 187 g/mol. The van der Waals surface area contributed by atoms with Gasteiger partial charge < -0.3 is 0 Å². The molecule has 0 rings (SSSR count). The number of hydrogen-bond donors (Lipinski definition) is 0. The summed E-state index contributed by atoms with van der Waals surface area (Å²) in [6, 6.07) is 0. The molecule has 1 unspecified atom stereocenters. The Hall–Kier alpha value is 0.430. The van der Waals surface area contributed by atoms with E-state index >= 15 is 0 Å². The zero-order valence-corrected chi connectivity index (χ0v) is 11.9. The molecule has 0 heterocycles. The van der Waals surface area contributed by atoms with Gasteiger partial charge in [0.25, 0.3) is 0 Å². The van der Waals surface area contributed by atoms with E-state index in [0.717, 1.165) is 11.8 Å². The Morgan fingerprint density at radius 1 is 1.00 bits per heavy atom. The van der Waals surface area contributed by atoms with Gasteiger partial charge in [0.15, 0.2) is 0 Å². The van der Waals surface area contributed by atoms with E-state index in [-0.39, 0.29) is 0 Å². The molecule has 0 aromatic carbocycles. The van der Waals surface area contributed by atoms with Crippen molar-refractivity contribution >= 4 is 9.24 Å². The molecule has 0 aliphatic heterocycles. The Bertz CT molecular complexity index is 128. The smallest absolute Gasteiger partial charge is 0.0145 e. The average molecular weight is 216 g/mol. The van der Waals surface area contributed by atoms with E-state index in [1.807, 2.05) is 0 Å². The molecular formula is C13H29P. The van der Waals surface area contributed by atoms with Crippen molar-refractivity contribution < 1.29 is 0 Å². The summed E-state index contributed by atoms with van der Waals surface area (Å²) in [6.45, 7) is 11.6. The topological polar surface area (TPSA) is 0 Å².